The van der Waals surface area contributed by atoms with Crippen molar-refractivity contribution in [3.05, 3.63) is 52.2 Å². The zero-order valence-corrected chi connectivity index (χ0v) is 10.5. The third-order valence-corrected chi connectivity index (χ3v) is 3.53. The van der Waals surface area contributed by atoms with Crippen LogP contribution in [0.5, 0.6) is 0 Å². The Labute approximate surface area is 105 Å². The lowest BCUT2D eigenvalue weighted by atomic mass is 10.1. The lowest BCUT2D eigenvalue weighted by Crippen LogP contribution is -2.21. The van der Waals surface area contributed by atoms with E-state index in [9.17, 15) is 4.39 Å². The molecule has 0 saturated heterocycles. The summed E-state index contributed by atoms with van der Waals surface area (Å²) >= 11 is 1.65. The van der Waals surface area contributed by atoms with Crippen LogP contribution in [0.2, 0.25) is 0 Å². The van der Waals surface area contributed by atoms with Crippen LogP contribution < -0.4 is 5.32 Å². The standard InChI is InChI=1S/C13H15FN2S/c1-10(13-16-7-8-17-13)15-6-5-11-3-2-4-12(14)9-11/h2-4,7-10,15H,5-6H2,1H3. The Morgan fingerprint density at radius 1 is 1.47 bits per heavy atom. The molecule has 1 aromatic carbocycles. The molecule has 0 aliphatic rings. The van der Waals surface area contributed by atoms with Gasteiger partial charge >= 0.3 is 0 Å². The van der Waals surface area contributed by atoms with Crippen LogP contribution in [0.4, 0.5) is 4.39 Å². The maximum Gasteiger partial charge on any atom is 0.123 e. The van der Waals surface area contributed by atoms with Gasteiger partial charge in [0.1, 0.15) is 10.8 Å². The van der Waals surface area contributed by atoms with Crippen molar-refractivity contribution in [2.75, 3.05) is 6.54 Å². The minimum absolute atomic E-state index is 0.171. The highest BCUT2D eigenvalue weighted by Crippen LogP contribution is 2.14. The molecule has 2 rings (SSSR count). The second-order valence-electron chi connectivity index (χ2n) is 3.93. The van der Waals surface area contributed by atoms with E-state index in [0.29, 0.717) is 0 Å². The molecule has 17 heavy (non-hydrogen) atoms. The predicted octanol–water partition coefficient (Wildman–Crippen LogP) is 3.18. The Morgan fingerprint density at radius 3 is 3.06 bits per heavy atom. The molecule has 0 amide bonds. The number of benzene rings is 1. The molecule has 0 spiro atoms. The molecule has 0 radical (unpaired) electrons. The largest absolute Gasteiger partial charge is 0.308 e. The average Bonchev–Trinajstić information content (AvgIpc) is 2.82. The van der Waals surface area contributed by atoms with Crippen LogP contribution >= 0.6 is 11.3 Å². The normalized spacial score (nSPS) is 12.6. The van der Waals surface area contributed by atoms with Gasteiger partial charge in [0.05, 0.1) is 6.04 Å². The highest BCUT2D eigenvalue weighted by molar-refractivity contribution is 7.09. The fourth-order valence-electron chi connectivity index (χ4n) is 1.66. The summed E-state index contributed by atoms with van der Waals surface area (Å²) in [6.07, 6.45) is 2.64. The quantitative estimate of drug-likeness (QED) is 0.881. The minimum atomic E-state index is -0.171. The molecule has 2 nitrogen and oxygen atoms in total. The van der Waals surface area contributed by atoms with Crippen molar-refractivity contribution < 1.29 is 4.39 Å². The highest BCUT2D eigenvalue weighted by atomic mass is 32.1. The summed E-state index contributed by atoms with van der Waals surface area (Å²) < 4.78 is 12.9. The fourth-order valence-corrected chi connectivity index (χ4v) is 2.33. The Balaban J connectivity index is 1.80. The Bertz CT molecular complexity index is 456. The molecule has 1 unspecified atom stereocenters. The van der Waals surface area contributed by atoms with Gasteiger partial charge in [-0.3, -0.25) is 0 Å². The average molecular weight is 250 g/mol. The van der Waals surface area contributed by atoms with Crippen molar-refractivity contribution in [3.63, 3.8) is 0 Å². The van der Waals surface area contributed by atoms with E-state index in [2.05, 4.69) is 17.2 Å². The summed E-state index contributed by atoms with van der Waals surface area (Å²) in [5.41, 5.74) is 1.02. The summed E-state index contributed by atoms with van der Waals surface area (Å²) in [5, 5.41) is 6.44. The minimum Gasteiger partial charge on any atom is -0.308 e. The third-order valence-electron chi connectivity index (χ3n) is 2.58. The second kappa shape index (κ2) is 5.89. The van der Waals surface area contributed by atoms with Crippen LogP contribution in [-0.2, 0) is 6.42 Å². The maximum atomic E-state index is 12.9. The monoisotopic (exact) mass is 250 g/mol. The summed E-state index contributed by atoms with van der Waals surface area (Å²) in [4.78, 5) is 4.25. The van der Waals surface area contributed by atoms with Crippen molar-refractivity contribution in [2.45, 2.75) is 19.4 Å². The van der Waals surface area contributed by atoms with E-state index < -0.39 is 0 Å². The highest BCUT2D eigenvalue weighted by Gasteiger charge is 2.06. The van der Waals surface area contributed by atoms with Crippen molar-refractivity contribution in [1.82, 2.24) is 10.3 Å². The molecule has 2 aromatic rings. The van der Waals surface area contributed by atoms with Gasteiger partial charge in [0.15, 0.2) is 0 Å². The molecule has 0 aliphatic carbocycles. The van der Waals surface area contributed by atoms with E-state index >= 15 is 0 Å². The van der Waals surface area contributed by atoms with Crippen LogP contribution in [0.25, 0.3) is 0 Å². The smallest absolute Gasteiger partial charge is 0.123 e. The summed E-state index contributed by atoms with van der Waals surface area (Å²) in [7, 11) is 0. The molecule has 1 atom stereocenters. The van der Waals surface area contributed by atoms with E-state index in [4.69, 9.17) is 0 Å². The summed E-state index contributed by atoms with van der Waals surface area (Å²) in [6.45, 7) is 2.91. The first-order valence-corrected chi connectivity index (χ1v) is 6.51. The lowest BCUT2D eigenvalue weighted by Gasteiger charge is -2.10. The van der Waals surface area contributed by atoms with E-state index in [1.165, 1.54) is 6.07 Å². The number of hydrogen-bond acceptors (Lipinski definition) is 3. The van der Waals surface area contributed by atoms with E-state index in [-0.39, 0.29) is 11.9 Å². The van der Waals surface area contributed by atoms with Gasteiger partial charge in [-0.2, -0.15) is 0 Å². The fraction of sp³-hybridized carbons (Fsp3) is 0.308. The van der Waals surface area contributed by atoms with Gasteiger partial charge in [-0.1, -0.05) is 12.1 Å². The maximum absolute atomic E-state index is 12.9. The SMILES string of the molecule is CC(NCCc1cccc(F)c1)c1nccs1. The topological polar surface area (TPSA) is 24.9 Å². The Kier molecular flexibility index (Phi) is 4.23. The van der Waals surface area contributed by atoms with Gasteiger partial charge in [0, 0.05) is 11.6 Å². The number of nitrogens with one attached hydrogen (secondary N) is 1. The van der Waals surface area contributed by atoms with Gasteiger partial charge in [-0.05, 0) is 37.6 Å². The first-order valence-electron chi connectivity index (χ1n) is 5.63. The first-order chi connectivity index (χ1) is 8.25. The van der Waals surface area contributed by atoms with E-state index in [0.717, 1.165) is 23.5 Å². The number of rotatable bonds is 5. The van der Waals surface area contributed by atoms with Crippen LogP contribution in [0, 0.1) is 5.82 Å². The molecule has 0 fully saturated rings. The molecular weight excluding hydrogens is 235 g/mol. The van der Waals surface area contributed by atoms with Crippen molar-refractivity contribution in [2.24, 2.45) is 0 Å². The van der Waals surface area contributed by atoms with Crippen molar-refractivity contribution >= 4 is 11.3 Å². The summed E-state index contributed by atoms with van der Waals surface area (Å²) in [6, 6.07) is 6.99. The molecule has 1 aromatic heterocycles. The first kappa shape index (κ1) is 12.2. The molecule has 0 saturated carbocycles. The molecule has 1 heterocycles. The molecular formula is C13H15FN2S. The van der Waals surface area contributed by atoms with Crippen LogP contribution in [0.3, 0.4) is 0 Å². The van der Waals surface area contributed by atoms with Gasteiger partial charge in [-0.15, -0.1) is 11.3 Å². The molecule has 0 bridgehead atoms. The van der Waals surface area contributed by atoms with Crippen molar-refractivity contribution in [1.29, 1.82) is 0 Å². The number of thiazole rings is 1. The molecule has 0 aliphatic heterocycles. The van der Waals surface area contributed by atoms with Crippen LogP contribution in [0.1, 0.15) is 23.5 Å². The zero-order valence-electron chi connectivity index (χ0n) is 9.69. The van der Waals surface area contributed by atoms with Crippen molar-refractivity contribution in [3.8, 4) is 0 Å². The van der Waals surface area contributed by atoms with Gasteiger partial charge in [-0.25, -0.2) is 9.37 Å². The second-order valence-corrected chi connectivity index (χ2v) is 4.85. The van der Waals surface area contributed by atoms with Gasteiger partial charge in [0.2, 0.25) is 0 Å². The number of halogens is 1. The number of hydrogen-bond donors (Lipinski definition) is 1. The van der Waals surface area contributed by atoms with Crippen LogP contribution in [-0.4, -0.2) is 11.5 Å². The predicted molar refractivity (Wildman–Crippen MR) is 68.6 cm³/mol. The zero-order chi connectivity index (χ0) is 12.1. The molecule has 4 heteroatoms. The molecule has 90 valence electrons. The number of aromatic nitrogens is 1. The molecule has 1 N–H and O–H groups in total. The third kappa shape index (κ3) is 3.61. The summed E-state index contributed by atoms with van der Waals surface area (Å²) in [5.74, 6) is -0.171. The van der Waals surface area contributed by atoms with E-state index in [1.807, 2.05) is 17.6 Å². The van der Waals surface area contributed by atoms with Gasteiger partial charge < -0.3 is 5.32 Å². The number of nitrogens with zero attached hydrogens (tertiary/aromatic N) is 1. The van der Waals surface area contributed by atoms with E-state index in [1.54, 1.807) is 23.5 Å². The Hall–Kier alpha value is -1.26. The Morgan fingerprint density at radius 2 is 2.35 bits per heavy atom. The van der Waals surface area contributed by atoms with Gasteiger partial charge in [0.25, 0.3) is 0 Å². The lowest BCUT2D eigenvalue weighted by molar-refractivity contribution is 0.572. The van der Waals surface area contributed by atoms with Crippen LogP contribution in [0.15, 0.2) is 35.8 Å².